The van der Waals surface area contributed by atoms with Crippen LogP contribution in [-0.4, -0.2) is 15.7 Å². The van der Waals surface area contributed by atoms with E-state index in [0.717, 1.165) is 4.57 Å². The zero-order chi connectivity index (χ0) is 9.19. The molecule has 0 aliphatic heterocycles. The van der Waals surface area contributed by atoms with E-state index in [0.29, 0.717) is 12.1 Å². The number of aromatic nitrogens is 2. The smallest absolute Gasteiger partial charge is 0.326 e. The monoisotopic (exact) mass is 178 g/mol. The first-order valence-electron chi connectivity index (χ1n) is 3.58. The molecule has 0 aliphatic carbocycles. The Morgan fingerprint density at radius 2 is 2.17 bits per heavy atom. The fraction of sp³-hybridized carbons (Fsp3) is 0.571. The van der Waals surface area contributed by atoms with Gasteiger partial charge in [-0.1, -0.05) is 6.92 Å². The molecule has 0 saturated heterocycles. The maximum Gasteiger partial charge on any atom is 0.406 e. The highest BCUT2D eigenvalue weighted by Crippen LogP contribution is 2.18. The minimum Gasteiger partial charge on any atom is -0.326 e. The van der Waals surface area contributed by atoms with Crippen molar-refractivity contribution in [2.24, 2.45) is 0 Å². The number of aryl methyl sites for hydroxylation is 1. The first-order chi connectivity index (χ1) is 5.53. The second-order valence-corrected chi connectivity index (χ2v) is 2.48. The molecule has 0 spiro atoms. The van der Waals surface area contributed by atoms with Gasteiger partial charge in [-0.15, -0.1) is 0 Å². The van der Waals surface area contributed by atoms with Crippen LogP contribution in [0.5, 0.6) is 0 Å². The van der Waals surface area contributed by atoms with Crippen LogP contribution in [0.25, 0.3) is 0 Å². The van der Waals surface area contributed by atoms with Gasteiger partial charge >= 0.3 is 6.18 Å². The third-order valence-corrected chi connectivity index (χ3v) is 1.51. The topological polar surface area (TPSA) is 17.8 Å². The van der Waals surface area contributed by atoms with Gasteiger partial charge in [-0.3, -0.25) is 0 Å². The quantitative estimate of drug-likeness (QED) is 0.677. The zero-order valence-corrected chi connectivity index (χ0v) is 6.60. The van der Waals surface area contributed by atoms with Gasteiger partial charge in [0.2, 0.25) is 0 Å². The fourth-order valence-corrected chi connectivity index (χ4v) is 0.978. The molecule has 12 heavy (non-hydrogen) atoms. The second kappa shape index (κ2) is 3.16. The summed E-state index contributed by atoms with van der Waals surface area (Å²) in [6, 6.07) is 0. The molecule has 0 aromatic carbocycles. The van der Waals surface area contributed by atoms with Gasteiger partial charge in [0.15, 0.2) is 0 Å². The largest absolute Gasteiger partial charge is 0.406 e. The standard InChI is InChI=1S/C7H9F3N2/c1-2-6-3-11-5-12(6)4-7(8,9)10/h3,5H,2,4H2,1H3. The summed E-state index contributed by atoms with van der Waals surface area (Å²) in [7, 11) is 0. The van der Waals surface area contributed by atoms with Crippen molar-refractivity contribution < 1.29 is 13.2 Å². The summed E-state index contributed by atoms with van der Waals surface area (Å²) in [4.78, 5) is 3.64. The van der Waals surface area contributed by atoms with Gasteiger partial charge in [0, 0.05) is 11.9 Å². The summed E-state index contributed by atoms with van der Waals surface area (Å²) in [5.41, 5.74) is 0.604. The van der Waals surface area contributed by atoms with Gasteiger partial charge in [0.1, 0.15) is 6.54 Å². The zero-order valence-electron chi connectivity index (χ0n) is 6.60. The third-order valence-electron chi connectivity index (χ3n) is 1.51. The first kappa shape index (κ1) is 9.09. The van der Waals surface area contributed by atoms with Gasteiger partial charge in [0.05, 0.1) is 6.33 Å². The van der Waals surface area contributed by atoms with Crippen molar-refractivity contribution in [1.82, 2.24) is 9.55 Å². The number of nitrogens with zero attached hydrogens (tertiary/aromatic N) is 2. The molecule has 0 amide bonds. The molecule has 1 aromatic heterocycles. The Bertz CT molecular complexity index is 251. The minimum atomic E-state index is -4.16. The van der Waals surface area contributed by atoms with E-state index < -0.39 is 12.7 Å². The molecule has 1 heterocycles. The molecular weight excluding hydrogens is 169 g/mol. The molecule has 1 rings (SSSR count). The highest BCUT2D eigenvalue weighted by Gasteiger charge is 2.28. The highest BCUT2D eigenvalue weighted by atomic mass is 19.4. The predicted molar refractivity (Wildman–Crippen MR) is 37.7 cm³/mol. The minimum absolute atomic E-state index is 0.566. The summed E-state index contributed by atoms with van der Waals surface area (Å²) in [6.45, 7) is 0.847. The van der Waals surface area contributed by atoms with Crippen LogP contribution < -0.4 is 0 Å². The third kappa shape index (κ3) is 2.25. The predicted octanol–water partition coefficient (Wildman–Crippen LogP) is 2.01. The molecule has 0 fully saturated rings. The summed E-state index contributed by atoms with van der Waals surface area (Å²) >= 11 is 0. The molecule has 0 atom stereocenters. The number of halogens is 3. The number of hydrogen-bond acceptors (Lipinski definition) is 1. The maximum absolute atomic E-state index is 11.9. The average molecular weight is 178 g/mol. The van der Waals surface area contributed by atoms with E-state index in [1.807, 2.05) is 0 Å². The Morgan fingerprint density at radius 1 is 1.50 bits per heavy atom. The van der Waals surface area contributed by atoms with E-state index in [2.05, 4.69) is 4.98 Å². The van der Waals surface area contributed by atoms with E-state index in [9.17, 15) is 13.2 Å². The van der Waals surface area contributed by atoms with Gasteiger partial charge < -0.3 is 4.57 Å². The van der Waals surface area contributed by atoms with Crippen LogP contribution in [0, 0.1) is 0 Å². The van der Waals surface area contributed by atoms with Crippen molar-refractivity contribution in [3.05, 3.63) is 18.2 Å². The Morgan fingerprint density at radius 3 is 2.67 bits per heavy atom. The molecule has 0 saturated carbocycles. The normalized spacial score (nSPS) is 12.0. The van der Waals surface area contributed by atoms with Crippen molar-refractivity contribution in [2.45, 2.75) is 26.1 Å². The molecule has 0 radical (unpaired) electrons. The number of imidazole rings is 1. The van der Waals surface area contributed by atoms with Crippen LogP contribution in [0.1, 0.15) is 12.6 Å². The van der Waals surface area contributed by atoms with E-state index in [-0.39, 0.29) is 0 Å². The van der Waals surface area contributed by atoms with Gasteiger partial charge in [-0.2, -0.15) is 13.2 Å². The lowest BCUT2D eigenvalue weighted by atomic mass is 10.3. The van der Waals surface area contributed by atoms with E-state index in [4.69, 9.17) is 0 Å². The molecular formula is C7H9F3N2. The Balaban J connectivity index is 2.75. The van der Waals surface area contributed by atoms with Crippen LogP contribution in [0.15, 0.2) is 12.5 Å². The SMILES string of the molecule is CCc1cncn1CC(F)(F)F. The summed E-state index contributed by atoms with van der Waals surface area (Å²) in [6.07, 6.45) is -0.946. The molecule has 1 aromatic rings. The van der Waals surface area contributed by atoms with Crippen LogP contribution in [0.3, 0.4) is 0 Å². The van der Waals surface area contributed by atoms with Crippen molar-refractivity contribution >= 4 is 0 Å². The molecule has 2 nitrogen and oxygen atoms in total. The summed E-state index contributed by atoms with van der Waals surface area (Å²) < 4.78 is 36.8. The molecule has 0 bridgehead atoms. The van der Waals surface area contributed by atoms with Crippen molar-refractivity contribution in [2.75, 3.05) is 0 Å². The Hall–Kier alpha value is -1.00. The Kier molecular flexibility index (Phi) is 2.40. The lowest BCUT2D eigenvalue weighted by Gasteiger charge is -2.09. The molecule has 0 aliphatic rings. The van der Waals surface area contributed by atoms with Crippen molar-refractivity contribution in [1.29, 1.82) is 0 Å². The van der Waals surface area contributed by atoms with Crippen molar-refractivity contribution in [3.63, 3.8) is 0 Å². The second-order valence-electron chi connectivity index (χ2n) is 2.48. The maximum atomic E-state index is 11.9. The number of rotatable bonds is 2. The highest BCUT2D eigenvalue weighted by molar-refractivity contribution is 4.97. The summed E-state index contributed by atoms with van der Waals surface area (Å²) in [5.74, 6) is 0. The van der Waals surface area contributed by atoms with Gasteiger partial charge in [-0.05, 0) is 6.42 Å². The molecule has 68 valence electrons. The molecule has 0 unspecified atom stereocenters. The van der Waals surface area contributed by atoms with Crippen LogP contribution in [0.4, 0.5) is 13.2 Å². The number of hydrogen-bond donors (Lipinski definition) is 0. The van der Waals surface area contributed by atoms with Crippen molar-refractivity contribution in [3.8, 4) is 0 Å². The lowest BCUT2D eigenvalue weighted by Crippen LogP contribution is -2.18. The van der Waals surface area contributed by atoms with E-state index in [1.165, 1.54) is 12.5 Å². The molecule has 0 N–H and O–H groups in total. The van der Waals surface area contributed by atoms with Gasteiger partial charge in [-0.25, -0.2) is 4.98 Å². The van der Waals surface area contributed by atoms with Gasteiger partial charge in [0.25, 0.3) is 0 Å². The molecule has 5 heteroatoms. The van der Waals surface area contributed by atoms with Crippen LogP contribution >= 0.6 is 0 Å². The number of alkyl halides is 3. The van der Waals surface area contributed by atoms with Crippen LogP contribution in [0.2, 0.25) is 0 Å². The fourth-order valence-electron chi connectivity index (χ4n) is 0.978. The summed E-state index contributed by atoms with van der Waals surface area (Å²) in [5, 5.41) is 0. The average Bonchev–Trinajstić information content (AvgIpc) is 2.31. The first-order valence-corrected chi connectivity index (χ1v) is 3.58. The van der Waals surface area contributed by atoms with E-state index >= 15 is 0 Å². The lowest BCUT2D eigenvalue weighted by molar-refractivity contribution is -0.141. The van der Waals surface area contributed by atoms with Crippen LogP contribution in [-0.2, 0) is 13.0 Å². The Labute approximate surface area is 68.0 Å². The van der Waals surface area contributed by atoms with E-state index in [1.54, 1.807) is 6.92 Å².